The van der Waals surface area contributed by atoms with Crippen LogP contribution >= 0.6 is 11.6 Å². The predicted molar refractivity (Wildman–Crippen MR) is 59.6 cm³/mol. The summed E-state index contributed by atoms with van der Waals surface area (Å²) in [6.07, 6.45) is 2.37. The zero-order valence-corrected chi connectivity index (χ0v) is 8.99. The minimum absolute atomic E-state index is 0.849. The van der Waals surface area contributed by atoms with Crippen molar-refractivity contribution in [3.63, 3.8) is 0 Å². The van der Waals surface area contributed by atoms with Gasteiger partial charge in [0.1, 0.15) is 0 Å². The fraction of sp³-hybridized carbons (Fsp3) is 0.455. The third-order valence-electron chi connectivity index (χ3n) is 2.02. The van der Waals surface area contributed by atoms with Gasteiger partial charge in [-0.15, -0.1) is 0 Å². The van der Waals surface area contributed by atoms with Crippen molar-refractivity contribution in [2.75, 3.05) is 11.9 Å². The fourth-order valence-corrected chi connectivity index (χ4v) is 1.73. The average molecular weight is 198 g/mol. The molecule has 1 aromatic rings. The number of rotatable bonds is 0. The largest absolute Gasteiger partial charge is 0.384 e. The molecule has 0 unspecified atom stereocenters. The van der Waals surface area contributed by atoms with Gasteiger partial charge >= 0.3 is 0 Å². The molecule has 1 aliphatic heterocycles. The van der Waals surface area contributed by atoms with E-state index < -0.39 is 0 Å². The van der Waals surface area contributed by atoms with Crippen LogP contribution in [0, 0.1) is 0 Å². The second-order valence-electron chi connectivity index (χ2n) is 2.80. The first kappa shape index (κ1) is 10.4. The van der Waals surface area contributed by atoms with E-state index in [0.29, 0.717) is 0 Å². The van der Waals surface area contributed by atoms with Crippen molar-refractivity contribution in [2.24, 2.45) is 0 Å². The molecule has 0 spiro atoms. The number of benzene rings is 1. The van der Waals surface area contributed by atoms with Crippen molar-refractivity contribution in [3.8, 4) is 0 Å². The van der Waals surface area contributed by atoms with E-state index in [0.717, 1.165) is 23.7 Å². The van der Waals surface area contributed by atoms with Crippen LogP contribution in [0.15, 0.2) is 18.2 Å². The summed E-state index contributed by atoms with van der Waals surface area (Å²) < 4.78 is 0. The molecule has 0 saturated heterocycles. The van der Waals surface area contributed by atoms with E-state index in [1.54, 1.807) is 0 Å². The van der Waals surface area contributed by atoms with Crippen molar-refractivity contribution in [3.05, 3.63) is 28.8 Å². The van der Waals surface area contributed by atoms with Crippen LogP contribution in [-0.4, -0.2) is 6.54 Å². The van der Waals surface area contributed by atoms with Gasteiger partial charge in [0.2, 0.25) is 0 Å². The Bertz CT molecular complexity index is 271. The molecule has 1 aliphatic rings. The molecule has 0 radical (unpaired) electrons. The Labute approximate surface area is 85.1 Å². The van der Waals surface area contributed by atoms with Crippen LogP contribution in [0.2, 0.25) is 5.02 Å². The lowest BCUT2D eigenvalue weighted by atomic mass is 10.0. The summed E-state index contributed by atoms with van der Waals surface area (Å²) in [4.78, 5) is 0. The van der Waals surface area contributed by atoms with Crippen molar-refractivity contribution in [1.82, 2.24) is 0 Å². The molecule has 1 N–H and O–H groups in total. The number of anilines is 1. The number of para-hydroxylation sites is 1. The Morgan fingerprint density at radius 2 is 2.08 bits per heavy atom. The molecular weight excluding hydrogens is 182 g/mol. The molecule has 1 heterocycles. The van der Waals surface area contributed by atoms with Gasteiger partial charge in [0.05, 0.1) is 10.7 Å². The number of aryl methyl sites for hydroxylation is 1. The van der Waals surface area contributed by atoms with E-state index in [2.05, 4.69) is 11.4 Å². The normalized spacial score (nSPS) is 13.5. The van der Waals surface area contributed by atoms with Crippen LogP contribution in [-0.2, 0) is 6.42 Å². The van der Waals surface area contributed by atoms with Crippen LogP contribution in [0.1, 0.15) is 25.8 Å². The molecule has 0 aromatic heterocycles. The number of hydrogen-bond donors (Lipinski definition) is 1. The lowest BCUT2D eigenvalue weighted by Crippen LogP contribution is -2.11. The molecule has 1 nitrogen and oxygen atoms in total. The van der Waals surface area contributed by atoms with Crippen molar-refractivity contribution < 1.29 is 0 Å². The van der Waals surface area contributed by atoms with Crippen LogP contribution in [0.5, 0.6) is 0 Å². The molecule has 13 heavy (non-hydrogen) atoms. The Hall–Kier alpha value is -0.690. The smallest absolute Gasteiger partial charge is 0.0640 e. The van der Waals surface area contributed by atoms with E-state index in [1.165, 1.54) is 12.0 Å². The van der Waals surface area contributed by atoms with Crippen molar-refractivity contribution >= 4 is 17.3 Å². The monoisotopic (exact) mass is 197 g/mol. The number of hydrogen-bond acceptors (Lipinski definition) is 1. The van der Waals surface area contributed by atoms with Gasteiger partial charge in [0.25, 0.3) is 0 Å². The molecule has 0 bridgehead atoms. The minimum atomic E-state index is 0.849. The number of halogens is 1. The maximum atomic E-state index is 5.98. The van der Waals surface area contributed by atoms with Crippen LogP contribution in [0.3, 0.4) is 0 Å². The maximum Gasteiger partial charge on any atom is 0.0640 e. The topological polar surface area (TPSA) is 12.0 Å². The van der Waals surface area contributed by atoms with E-state index in [4.69, 9.17) is 11.6 Å². The summed E-state index contributed by atoms with van der Waals surface area (Å²) in [5.41, 5.74) is 2.49. The summed E-state index contributed by atoms with van der Waals surface area (Å²) in [5, 5.41) is 4.15. The molecule has 0 fully saturated rings. The number of nitrogens with one attached hydrogen (secondary N) is 1. The Morgan fingerprint density at radius 3 is 2.77 bits per heavy atom. The van der Waals surface area contributed by atoms with Gasteiger partial charge in [-0.1, -0.05) is 37.6 Å². The SMILES string of the molecule is CC.Clc1cccc2c1NCCC2. The fourth-order valence-electron chi connectivity index (χ4n) is 1.47. The molecule has 72 valence electrons. The summed E-state index contributed by atoms with van der Waals surface area (Å²) in [7, 11) is 0. The second-order valence-corrected chi connectivity index (χ2v) is 3.21. The molecule has 0 atom stereocenters. The predicted octanol–water partition coefficient (Wildman–Crippen LogP) is 3.72. The van der Waals surface area contributed by atoms with Crippen molar-refractivity contribution in [2.45, 2.75) is 26.7 Å². The molecule has 1 aromatic carbocycles. The minimum Gasteiger partial charge on any atom is -0.384 e. The molecule has 0 aliphatic carbocycles. The zero-order valence-electron chi connectivity index (χ0n) is 8.23. The molecule has 0 amide bonds. The quantitative estimate of drug-likeness (QED) is 0.669. The van der Waals surface area contributed by atoms with Gasteiger partial charge < -0.3 is 5.32 Å². The lowest BCUT2D eigenvalue weighted by molar-refractivity contribution is 0.830. The van der Waals surface area contributed by atoms with Crippen molar-refractivity contribution in [1.29, 1.82) is 0 Å². The summed E-state index contributed by atoms with van der Waals surface area (Å²) in [5.74, 6) is 0. The van der Waals surface area contributed by atoms with Gasteiger partial charge in [-0.05, 0) is 24.5 Å². The van der Waals surface area contributed by atoms with E-state index >= 15 is 0 Å². The summed E-state index contributed by atoms with van der Waals surface area (Å²) in [6, 6.07) is 6.07. The van der Waals surface area contributed by atoms with E-state index in [1.807, 2.05) is 26.0 Å². The summed E-state index contributed by atoms with van der Waals surface area (Å²) in [6.45, 7) is 5.05. The third kappa shape index (κ3) is 2.38. The van der Waals surface area contributed by atoms with Gasteiger partial charge in [-0.2, -0.15) is 0 Å². The van der Waals surface area contributed by atoms with Crippen LogP contribution in [0.4, 0.5) is 5.69 Å². The number of fused-ring (bicyclic) bond motifs is 1. The van der Waals surface area contributed by atoms with Crippen LogP contribution < -0.4 is 5.32 Å². The van der Waals surface area contributed by atoms with Gasteiger partial charge in [0, 0.05) is 6.54 Å². The Balaban J connectivity index is 0.000000396. The Morgan fingerprint density at radius 1 is 1.31 bits per heavy atom. The van der Waals surface area contributed by atoms with Gasteiger partial charge in [0.15, 0.2) is 0 Å². The highest BCUT2D eigenvalue weighted by atomic mass is 35.5. The lowest BCUT2D eigenvalue weighted by Gasteiger charge is -2.18. The average Bonchev–Trinajstić information content (AvgIpc) is 2.22. The molecule has 2 rings (SSSR count). The molecular formula is C11H16ClN. The van der Waals surface area contributed by atoms with Gasteiger partial charge in [-0.3, -0.25) is 0 Å². The highest BCUT2D eigenvalue weighted by Gasteiger charge is 2.09. The van der Waals surface area contributed by atoms with E-state index in [9.17, 15) is 0 Å². The van der Waals surface area contributed by atoms with E-state index in [-0.39, 0.29) is 0 Å². The first-order valence-electron chi connectivity index (χ1n) is 4.89. The first-order valence-corrected chi connectivity index (χ1v) is 5.27. The Kier molecular flexibility index (Phi) is 4.10. The van der Waals surface area contributed by atoms with Crippen LogP contribution in [0.25, 0.3) is 0 Å². The standard InChI is InChI=1S/C9H10ClN.C2H6/c10-8-5-1-3-7-4-2-6-11-9(7)8;1-2/h1,3,5,11H,2,4,6H2;1-2H3. The van der Waals surface area contributed by atoms with Gasteiger partial charge in [-0.25, -0.2) is 0 Å². The highest BCUT2D eigenvalue weighted by molar-refractivity contribution is 6.33. The zero-order chi connectivity index (χ0) is 9.68. The maximum absolute atomic E-state index is 5.98. The summed E-state index contributed by atoms with van der Waals surface area (Å²) >= 11 is 5.98. The second kappa shape index (κ2) is 5.13. The first-order chi connectivity index (χ1) is 6.38. The molecule has 2 heteroatoms. The highest BCUT2D eigenvalue weighted by Crippen LogP contribution is 2.29. The third-order valence-corrected chi connectivity index (χ3v) is 2.34. The molecule has 0 saturated carbocycles.